The molecule has 0 saturated carbocycles. The third-order valence-electron chi connectivity index (χ3n) is 3.02. The zero-order chi connectivity index (χ0) is 13.9. The molecule has 0 radical (unpaired) electrons. The number of hydrogen-bond donors (Lipinski definition) is 1. The number of rotatable bonds is 3. The maximum Gasteiger partial charge on any atom is 0.358 e. The van der Waals surface area contributed by atoms with Gasteiger partial charge in [0.25, 0.3) is 0 Å². The first kappa shape index (κ1) is 14.5. The molecule has 1 aromatic heterocycles. The smallest absolute Gasteiger partial charge is 0.358 e. The van der Waals surface area contributed by atoms with E-state index in [1.54, 1.807) is 16.7 Å². The van der Waals surface area contributed by atoms with Crippen molar-refractivity contribution in [2.75, 3.05) is 13.1 Å². The van der Waals surface area contributed by atoms with Crippen molar-refractivity contribution >= 4 is 17.3 Å². The summed E-state index contributed by atoms with van der Waals surface area (Å²) >= 11 is 1.56. The molecule has 2 heterocycles. The van der Waals surface area contributed by atoms with Crippen LogP contribution in [0, 0.1) is 5.92 Å². The van der Waals surface area contributed by atoms with Gasteiger partial charge in [0.1, 0.15) is 5.60 Å². The molecule has 106 valence electrons. The topological polar surface area (TPSA) is 51.2 Å². The quantitative estimate of drug-likeness (QED) is 0.866. The summed E-state index contributed by atoms with van der Waals surface area (Å²) in [6.45, 7) is 7.78. The second-order valence-corrected chi connectivity index (χ2v) is 6.99. The van der Waals surface area contributed by atoms with E-state index in [2.05, 4.69) is 10.3 Å². The Hall–Kier alpha value is -0.940. The molecule has 1 saturated heterocycles. The molecule has 1 aromatic rings. The first-order chi connectivity index (χ1) is 8.94. The highest BCUT2D eigenvalue weighted by Gasteiger charge is 2.21. The van der Waals surface area contributed by atoms with Crippen LogP contribution in [0.4, 0.5) is 0 Å². The number of esters is 1. The molecular formula is C14H22N2O2S. The van der Waals surface area contributed by atoms with E-state index < -0.39 is 5.60 Å². The number of carbonyl (C=O) groups excluding carboxylic acids is 1. The van der Waals surface area contributed by atoms with Gasteiger partial charge in [-0.15, -0.1) is 11.3 Å². The van der Waals surface area contributed by atoms with Gasteiger partial charge < -0.3 is 10.1 Å². The summed E-state index contributed by atoms with van der Waals surface area (Å²) in [5.74, 6) is 0.322. The van der Waals surface area contributed by atoms with E-state index >= 15 is 0 Å². The van der Waals surface area contributed by atoms with Crippen LogP contribution in [-0.2, 0) is 11.2 Å². The van der Waals surface area contributed by atoms with Crippen molar-refractivity contribution in [2.24, 2.45) is 5.92 Å². The number of piperidine rings is 1. The van der Waals surface area contributed by atoms with Crippen LogP contribution in [0.15, 0.2) is 5.38 Å². The average Bonchev–Trinajstić information content (AvgIpc) is 2.77. The lowest BCUT2D eigenvalue weighted by molar-refractivity contribution is 0.00634. The fourth-order valence-corrected chi connectivity index (χ4v) is 3.05. The molecule has 0 aromatic carbocycles. The Morgan fingerprint density at radius 2 is 2.37 bits per heavy atom. The lowest BCUT2D eigenvalue weighted by Crippen LogP contribution is -2.30. The Bertz CT molecular complexity index is 431. The predicted octanol–water partition coefficient (Wildman–Crippen LogP) is 2.64. The Kier molecular flexibility index (Phi) is 4.58. The molecule has 19 heavy (non-hydrogen) atoms. The molecule has 1 fully saturated rings. The van der Waals surface area contributed by atoms with Crippen LogP contribution in [0.25, 0.3) is 0 Å². The molecule has 1 aliphatic heterocycles. The molecule has 0 spiro atoms. The van der Waals surface area contributed by atoms with Crippen molar-refractivity contribution in [3.8, 4) is 0 Å². The summed E-state index contributed by atoms with van der Waals surface area (Å²) < 4.78 is 5.32. The highest BCUT2D eigenvalue weighted by atomic mass is 32.1. The van der Waals surface area contributed by atoms with Crippen LogP contribution in [0.5, 0.6) is 0 Å². The van der Waals surface area contributed by atoms with Gasteiger partial charge in [-0.05, 0) is 52.6 Å². The maximum atomic E-state index is 11.9. The van der Waals surface area contributed by atoms with Crippen LogP contribution < -0.4 is 5.32 Å². The zero-order valence-corrected chi connectivity index (χ0v) is 12.7. The average molecular weight is 282 g/mol. The lowest BCUT2D eigenvalue weighted by atomic mass is 9.97. The second-order valence-electron chi connectivity index (χ2n) is 6.04. The Labute approximate surface area is 118 Å². The maximum absolute atomic E-state index is 11.9. The molecule has 1 atom stereocenters. The van der Waals surface area contributed by atoms with Gasteiger partial charge in [0.15, 0.2) is 5.69 Å². The first-order valence-electron chi connectivity index (χ1n) is 6.82. The van der Waals surface area contributed by atoms with Crippen LogP contribution in [0.1, 0.15) is 49.1 Å². The van der Waals surface area contributed by atoms with E-state index in [0.717, 1.165) is 24.5 Å². The van der Waals surface area contributed by atoms with E-state index in [1.165, 1.54) is 12.8 Å². The van der Waals surface area contributed by atoms with Crippen molar-refractivity contribution in [2.45, 2.75) is 45.6 Å². The normalized spacial score (nSPS) is 20.3. The van der Waals surface area contributed by atoms with Crippen molar-refractivity contribution in [3.63, 3.8) is 0 Å². The zero-order valence-electron chi connectivity index (χ0n) is 11.9. The van der Waals surface area contributed by atoms with Crippen molar-refractivity contribution in [3.05, 3.63) is 16.1 Å². The molecule has 5 heteroatoms. The van der Waals surface area contributed by atoms with Crippen LogP contribution in [0.2, 0.25) is 0 Å². The van der Waals surface area contributed by atoms with E-state index in [1.807, 2.05) is 20.8 Å². The summed E-state index contributed by atoms with van der Waals surface area (Å²) in [6.07, 6.45) is 3.43. The molecule has 0 bridgehead atoms. The number of nitrogens with zero attached hydrogens (tertiary/aromatic N) is 1. The summed E-state index contributed by atoms with van der Waals surface area (Å²) in [5.41, 5.74) is -0.0209. The molecule has 2 rings (SSSR count). The van der Waals surface area contributed by atoms with E-state index in [4.69, 9.17) is 4.74 Å². The summed E-state index contributed by atoms with van der Waals surface area (Å²) in [5, 5.41) is 6.24. The standard InChI is InChI=1S/C14H22N2O2S/c1-14(2,3)18-13(17)11-9-19-12(16-11)7-10-5-4-6-15-8-10/h9-10,15H,4-8H2,1-3H3. The van der Waals surface area contributed by atoms with Crippen molar-refractivity contribution < 1.29 is 9.53 Å². The van der Waals surface area contributed by atoms with Crippen LogP contribution in [-0.4, -0.2) is 29.6 Å². The molecule has 0 amide bonds. The number of carbonyl (C=O) groups is 1. The van der Waals surface area contributed by atoms with Gasteiger partial charge in [0, 0.05) is 11.8 Å². The van der Waals surface area contributed by atoms with Gasteiger partial charge in [0.05, 0.1) is 5.01 Å². The van der Waals surface area contributed by atoms with Gasteiger partial charge in [-0.2, -0.15) is 0 Å². The predicted molar refractivity (Wildman–Crippen MR) is 76.6 cm³/mol. The minimum absolute atomic E-state index is 0.322. The lowest BCUT2D eigenvalue weighted by Gasteiger charge is -2.21. The van der Waals surface area contributed by atoms with E-state index in [0.29, 0.717) is 11.6 Å². The third-order valence-corrected chi connectivity index (χ3v) is 3.89. The van der Waals surface area contributed by atoms with Gasteiger partial charge in [0.2, 0.25) is 0 Å². The second kappa shape index (κ2) is 6.01. The molecule has 4 nitrogen and oxygen atoms in total. The first-order valence-corrected chi connectivity index (χ1v) is 7.70. The van der Waals surface area contributed by atoms with E-state index in [9.17, 15) is 4.79 Å². The minimum Gasteiger partial charge on any atom is -0.455 e. The number of ether oxygens (including phenoxy) is 1. The molecule has 0 aliphatic carbocycles. The van der Waals surface area contributed by atoms with Gasteiger partial charge in [-0.25, -0.2) is 9.78 Å². The fraction of sp³-hybridized carbons (Fsp3) is 0.714. The van der Waals surface area contributed by atoms with Crippen LogP contribution >= 0.6 is 11.3 Å². The Morgan fingerprint density at radius 3 is 3.00 bits per heavy atom. The molecule has 1 N–H and O–H groups in total. The van der Waals surface area contributed by atoms with Gasteiger partial charge >= 0.3 is 5.97 Å². The molecule has 1 aliphatic rings. The van der Waals surface area contributed by atoms with E-state index in [-0.39, 0.29) is 5.97 Å². The number of thiazole rings is 1. The minimum atomic E-state index is -0.464. The summed E-state index contributed by atoms with van der Waals surface area (Å²) in [7, 11) is 0. The molecule has 1 unspecified atom stereocenters. The number of hydrogen-bond acceptors (Lipinski definition) is 5. The highest BCUT2D eigenvalue weighted by Crippen LogP contribution is 2.20. The van der Waals surface area contributed by atoms with Gasteiger partial charge in [-0.1, -0.05) is 0 Å². The largest absolute Gasteiger partial charge is 0.455 e. The number of aromatic nitrogens is 1. The van der Waals surface area contributed by atoms with Crippen LogP contribution in [0.3, 0.4) is 0 Å². The number of nitrogens with one attached hydrogen (secondary N) is 1. The van der Waals surface area contributed by atoms with Crippen molar-refractivity contribution in [1.29, 1.82) is 0 Å². The third kappa shape index (κ3) is 4.58. The SMILES string of the molecule is CC(C)(C)OC(=O)c1csc(CC2CCCNC2)n1. The Balaban J connectivity index is 1.92. The molecular weight excluding hydrogens is 260 g/mol. The summed E-state index contributed by atoms with van der Waals surface area (Å²) in [6, 6.07) is 0. The van der Waals surface area contributed by atoms with Gasteiger partial charge in [-0.3, -0.25) is 0 Å². The summed E-state index contributed by atoms with van der Waals surface area (Å²) in [4.78, 5) is 16.3. The van der Waals surface area contributed by atoms with Crippen molar-refractivity contribution in [1.82, 2.24) is 10.3 Å². The Morgan fingerprint density at radius 1 is 1.58 bits per heavy atom. The highest BCUT2D eigenvalue weighted by molar-refractivity contribution is 7.09. The fourth-order valence-electron chi connectivity index (χ4n) is 2.17. The monoisotopic (exact) mass is 282 g/mol.